The van der Waals surface area contributed by atoms with E-state index >= 15 is 0 Å². The largest absolute Gasteiger partial charge is 0.390 e. The first-order chi connectivity index (χ1) is 7.54. The summed E-state index contributed by atoms with van der Waals surface area (Å²) in [5.41, 5.74) is -0.539. The summed E-state index contributed by atoms with van der Waals surface area (Å²) in [6.07, 6.45) is 3.52. The molecule has 0 amide bonds. The molecule has 90 valence electrons. The standard InChI is InChI=1S/C13H21NOS/c1-13(2,15)7-8-14(11-5-6-11)10-12-4-3-9-16-12/h3-4,9,11,15H,5-8,10H2,1-2H3. The van der Waals surface area contributed by atoms with Crippen molar-refractivity contribution >= 4 is 11.3 Å². The number of hydrogen-bond donors (Lipinski definition) is 1. The quantitative estimate of drug-likeness (QED) is 0.825. The molecule has 3 heteroatoms. The van der Waals surface area contributed by atoms with E-state index in [-0.39, 0.29) is 0 Å². The normalized spacial score (nSPS) is 17.0. The van der Waals surface area contributed by atoms with Gasteiger partial charge in [0.15, 0.2) is 0 Å². The van der Waals surface area contributed by atoms with Crippen LogP contribution in [-0.4, -0.2) is 28.2 Å². The van der Waals surface area contributed by atoms with E-state index in [2.05, 4.69) is 22.4 Å². The molecule has 1 aliphatic carbocycles. The van der Waals surface area contributed by atoms with Crippen LogP contribution in [0.15, 0.2) is 17.5 Å². The minimum absolute atomic E-state index is 0.539. The molecule has 1 fully saturated rings. The molecule has 1 N–H and O–H groups in total. The van der Waals surface area contributed by atoms with Crippen LogP contribution in [0.1, 0.15) is 38.0 Å². The van der Waals surface area contributed by atoms with Gasteiger partial charge < -0.3 is 5.11 Å². The predicted molar refractivity (Wildman–Crippen MR) is 68.7 cm³/mol. The second-order valence-electron chi connectivity index (χ2n) is 5.34. The number of hydrogen-bond acceptors (Lipinski definition) is 3. The van der Waals surface area contributed by atoms with Crippen LogP contribution in [0.5, 0.6) is 0 Å². The lowest BCUT2D eigenvalue weighted by Crippen LogP contribution is -2.32. The van der Waals surface area contributed by atoms with Crippen molar-refractivity contribution in [3.63, 3.8) is 0 Å². The maximum atomic E-state index is 9.77. The average molecular weight is 239 g/mol. The fourth-order valence-electron chi connectivity index (χ4n) is 1.85. The van der Waals surface area contributed by atoms with Gasteiger partial charge >= 0.3 is 0 Å². The van der Waals surface area contributed by atoms with Gasteiger partial charge in [0, 0.05) is 24.0 Å². The minimum atomic E-state index is -0.539. The van der Waals surface area contributed by atoms with Crippen LogP contribution in [0, 0.1) is 0 Å². The van der Waals surface area contributed by atoms with Crippen molar-refractivity contribution in [3.05, 3.63) is 22.4 Å². The zero-order valence-corrected chi connectivity index (χ0v) is 11.0. The SMILES string of the molecule is CC(C)(O)CCN(Cc1cccs1)C1CC1. The maximum absolute atomic E-state index is 9.77. The molecular formula is C13H21NOS. The molecule has 2 nitrogen and oxygen atoms in total. The molecule has 0 saturated heterocycles. The van der Waals surface area contributed by atoms with E-state index in [1.165, 1.54) is 17.7 Å². The third-order valence-electron chi connectivity index (χ3n) is 3.01. The van der Waals surface area contributed by atoms with Gasteiger partial charge in [0.05, 0.1) is 5.60 Å². The highest BCUT2D eigenvalue weighted by Crippen LogP contribution is 2.29. The van der Waals surface area contributed by atoms with Crippen molar-refractivity contribution in [3.8, 4) is 0 Å². The number of aliphatic hydroxyl groups is 1. The summed E-state index contributed by atoms with van der Waals surface area (Å²) in [7, 11) is 0. The van der Waals surface area contributed by atoms with Crippen LogP contribution >= 0.6 is 11.3 Å². The molecule has 0 aromatic carbocycles. The topological polar surface area (TPSA) is 23.5 Å². The number of rotatable bonds is 6. The van der Waals surface area contributed by atoms with E-state index in [1.807, 2.05) is 25.2 Å². The Balaban J connectivity index is 1.85. The first-order valence-electron chi connectivity index (χ1n) is 6.03. The lowest BCUT2D eigenvalue weighted by atomic mass is 10.1. The van der Waals surface area contributed by atoms with Crippen molar-refractivity contribution in [2.75, 3.05) is 6.54 Å². The Morgan fingerprint density at radius 1 is 1.50 bits per heavy atom. The van der Waals surface area contributed by atoms with Crippen LogP contribution in [0.3, 0.4) is 0 Å². The highest BCUT2D eigenvalue weighted by atomic mass is 32.1. The summed E-state index contributed by atoms with van der Waals surface area (Å²) >= 11 is 1.83. The third kappa shape index (κ3) is 3.89. The molecule has 1 aromatic heterocycles. The smallest absolute Gasteiger partial charge is 0.0603 e. The van der Waals surface area contributed by atoms with Crippen molar-refractivity contribution < 1.29 is 5.11 Å². The van der Waals surface area contributed by atoms with Crippen molar-refractivity contribution in [2.45, 2.75) is 51.3 Å². The van der Waals surface area contributed by atoms with Gasteiger partial charge in [0.2, 0.25) is 0 Å². The molecule has 1 heterocycles. The van der Waals surface area contributed by atoms with E-state index in [9.17, 15) is 5.11 Å². The summed E-state index contributed by atoms with van der Waals surface area (Å²) in [5, 5.41) is 11.9. The molecule has 1 aliphatic rings. The Morgan fingerprint density at radius 3 is 2.75 bits per heavy atom. The van der Waals surface area contributed by atoms with Gasteiger partial charge in [-0.2, -0.15) is 0 Å². The molecule has 2 rings (SSSR count). The van der Waals surface area contributed by atoms with E-state index in [1.54, 1.807) is 0 Å². The molecule has 0 atom stereocenters. The summed E-state index contributed by atoms with van der Waals surface area (Å²) in [4.78, 5) is 3.95. The van der Waals surface area contributed by atoms with E-state index in [0.29, 0.717) is 0 Å². The minimum Gasteiger partial charge on any atom is -0.390 e. The molecule has 0 unspecified atom stereocenters. The average Bonchev–Trinajstić information content (AvgIpc) is 2.90. The number of nitrogens with zero attached hydrogens (tertiary/aromatic N) is 1. The van der Waals surface area contributed by atoms with Crippen LogP contribution in [0.2, 0.25) is 0 Å². The van der Waals surface area contributed by atoms with Gasteiger partial charge in [-0.25, -0.2) is 0 Å². The van der Waals surface area contributed by atoms with Crippen molar-refractivity contribution in [1.29, 1.82) is 0 Å². The lowest BCUT2D eigenvalue weighted by molar-refractivity contribution is 0.0555. The Hall–Kier alpha value is -0.380. The van der Waals surface area contributed by atoms with Crippen LogP contribution < -0.4 is 0 Å². The van der Waals surface area contributed by atoms with Gasteiger partial charge in [0.25, 0.3) is 0 Å². The van der Waals surface area contributed by atoms with Crippen molar-refractivity contribution in [2.24, 2.45) is 0 Å². The molecular weight excluding hydrogens is 218 g/mol. The summed E-state index contributed by atoms with van der Waals surface area (Å²) in [6, 6.07) is 5.08. The molecule has 1 saturated carbocycles. The first-order valence-corrected chi connectivity index (χ1v) is 6.91. The second-order valence-corrected chi connectivity index (χ2v) is 6.38. The third-order valence-corrected chi connectivity index (χ3v) is 3.87. The van der Waals surface area contributed by atoms with Gasteiger partial charge in [-0.15, -0.1) is 11.3 Å². The molecule has 0 aliphatic heterocycles. The molecule has 0 bridgehead atoms. The lowest BCUT2D eigenvalue weighted by Gasteiger charge is -2.25. The number of thiophene rings is 1. The van der Waals surface area contributed by atoms with E-state index < -0.39 is 5.60 Å². The summed E-state index contributed by atoms with van der Waals surface area (Å²) < 4.78 is 0. The zero-order valence-electron chi connectivity index (χ0n) is 10.1. The highest BCUT2D eigenvalue weighted by molar-refractivity contribution is 7.09. The monoisotopic (exact) mass is 239 g/mol. The molecule has 0 spiro atoms. The second kappa shape index (κ2) is 4.86. The molecule has 16 heavy (non-hydrogen) atoms. The molecule has 1 aromatic rings. The summed E-state index contributed by atoms with van der Waals surface area (Å²) in [6.45, 7) is 5.84. The Morgan fingerprint density at radius 2 is 2.25 bits per heavy atom. The van der Waals surface area contributed by atoms with Gasteiger partial charge in [0.1, 0.15) is 0 Å². The molecule has 0 radical (unpaired) electrons. The Labute approximate surface area is 102 Å². The van der Waals surface area contributed by atoms with Crippen LogP contribution in [0.4, 0.5) is 0 Å². The van der Waals surface area contributed by atoms with Crippen LogP contribution in [-0.2, 0) is 6.54 Å². The van der Waals surface area contributed by atoms with Gasteiger partial charge in [-0.1, -0.05) is 6.07 Å². The fraction of sp³-hybridized carbons (Fsp3) is 0.692. The van der Waals surface area contributed by atoms with Crippen LogP contribution in [0.25, 0.3) is 0 Å². The summed E-state index contributed by atoms with van der Waals surface area (Å²) in [5.74, 6) is 0. The van der Waals surface area contributed by atoms with Gasteiger partial charge in [-0.3, -0.25) is 4.90 Å². The van der Waals surface area contributed by atoms with Gasteiger partial charge in [-0.05, 0) is 44.6 Å². The van der Waals surface area contributed by atoms with Crippen molar-refractivity contribution in [1.82, 2.24) is 4.90 Å². The Bertz CT molecular complexity index is 311. The predicted octanol–water partition coefficient (Wildman–Crippen LogP) is 2.87. The maximum Gasteiger partial charge on any atom is 0.0603 e. The highest BCUT2D eigenvalue weighted by Gasteiger charge is 2.29. The van der Waals surface area contributed by atoms with E-state index in [4.69, 9.17) is 0 Å². The Kier molecular flexibility index (Phi) is 3.67. The fourth-order valence-corrected chi connectivity index (χ4v) is 2.58. The van der Waals surface area contributed by atoms with E-state index in [0.717, 1.165) is 25.6 Å². The zero-order chi connectivity index (χ0) is 11.6. The first kappa shape index (κ1) is 12.1.